The smallest absolute Gasteiger partial charge is 0.224 e. The predicted molar refractivity (Wildman–Crippen MR) is 75.6 cm³/mol. The lowest BCUT2D eigenvalue weighted by Crippen LogP contribution is -2.33. The number of benzene rings is 1. The van der Waals surface area contributed by atoms with Gasteiger partial charge in [0.05, 0.1) is 20.6 Å². The van der Waals surface area contributed by atoms with E-state index in [2.05, 4.69) is 5.32 Å². The largest absolute Gasteiger partial charge is 0.493 e. The molecule has 1 aromatic carbocycles. The first-order valence-electron chi connectivity index (χ1n) is 6.31. The molecule has 5 nitrogen and oxygen atoms in total. The highest BCUT2D eigenvalue weighted by atomic mass is 16.5. The summed E-state index contributed by atoms with van der Waals surface area (Å²) >= 11 is 0. The number of carbonyl (C=O) groups excluding carboxylic acids is 1. The van der Waals surface area contributed by atoms with Gasteiger partial charge in [0, 0.05) is 17.8 Å². The molecule has 0 radical (unpaired) electrons. The van der Waals surface area contributed by atoms with Crippen LogP contribution in [0.15, 0.2) is 12.1 Å². The van der Waals surface area contributed by atoms with Gasteiger partial charge in [-0.3, -0.25) is 4.79 Å². The van der Waals surface area contributed by atoms with Crippen LogP contribution in [-0.2, 0) is 11.2 Å². The summed E-state index contributed by atoms with van der Waals surface area (Å²) in [5, 5.41) is 2.90. The Balaban J connectivity index is 2.86. The van der Waals surface area contributed by atoms with Crippen molar-refractivity contribution in [2.75, 3.05) is 20.0 Å². The van der Waals surface area contributed by atoms with Crippen LogP contribution in [0.2, 0.25) is 0 Å². The SMILES string of the molecule is CC[C@H](C)NC(=O)Cc1cc(OC)c(OC)cc1N. The molecule has 0 aliphatic heterocycles. The number of nitrogens with one attached hydrogen (secondary N) is 1. The van der Waals surface area contributed by atoms with Crippen molar-refractivity contribution in [2.24, 2.45) is 0 Å². The summed E-state index contributed by atoms with van der Waals surface area (Å²) < 4.78 is 10.4. The summed E-state index contributed by atoms with van der Waals surface area (Å²) in [6, 6.07) is 3.57. The van der Waals surface area contributed by atoms with Gasteiger partial charge < -0.3 is 20.5 Å². The van der Waals surface area contributed by atoms with Crippen LogP contribution in [-0.4, -0.2) is 26.2 Å². The number of ether oxygens (including phenoxy) is 2. The van der Waals surface area contributed by atoms with E-state index >= 15 is 0 Å². The minimum absolute atomic E-state index is 0.0479. The molecule has 1 rings (SSSR count). The molecular weight excluding hydrogens is 244 g/mol. The van der Waals surface area contributed by atoms with Crippen LogP contribution in [0.5, 0.6) is 11.5 Å². The van der Waals surface area contributed by atoms with Crippen molar-refractivity contribution in [3.05, 3.63) is 17.7 Å². The van der Waals surface area contributed by atoms with E-state index in [1.165, 1.54) is 0 Å². The Hall–Kier alpha value is -1.91. The number of hydrogen-bond donors (Lipinski definition) is 2. The molecule has 0 spiro atoms. The van der Waals surface area contributed by atoms with Gasteiger partial charge in [0.1, 0.15) is 0 Å². The monoisotopic (exact) mass is 266 g/mol. The van der Waals surface area contributed by atoms with E-state index in [9.17, 15) is 4.79 Å². The molecule has 0 aliphatic rings. The fraction of sp³-hybridized carbons (Fsp3) is 0.500. The lowest BCUT2D eigenvalue weighted by molar-refractivity contribution is -0.121. The van der Waals surface area contributed by atoms with Crippen LogP contribution in [0.3, 0.4) is 0 Å². The Morgan fingerprint density at radius 1 is 1.32 bits per heavy atom. The van der Waals surface area contributed by atoms with E-state index in [4.69, 9.17) is 15.2 Å². The maximum absolute atomic E-state index is 11.8. The summed E-state index contributed by atoms with van der Waals surface area (Å²) in [7, 11) is 3.10. The van der Waals surface area contributed by atoms with Gasteiger partial charge in [-0.15, -0.1) is 0 Å². The lowest BCUT2D eigenvalue weighted by Gasteiger charge is -2.14. The van der Waals surface area contributed by atoms with Gasteiger partial charge in [0.25, 0.3) is 0 Å². The van der Waals surface area contributed by atoms with Crippen LogP contribution in [0, 0.1) is 0 Å². The molecule has 0 unspecified atom stereocenters. The van der Waals surface area contributed by atoms with Gasteiger partial charge in [-0.2, -0.15) is 0 Å². The molecule has 0 bridgehead atoms. The van der Waals surface area contributed by atoms with Gasteiger partial charge in [-0.25, -0.2) is 0 Å². The van der Waals surface area contributed by atoms with Crippen molar-refractivity contribution in [3.8, 4) is 11.5 Å². The first-order chi connectivity index (χ1) is 9.01. The quantitative estimate of drug-likeness (QED) is 0.769. The summed E-state index contributed by atoms with van der Waals surface area (Å²) in [6.07, 6.45) is 1.13. The number of nitrogen functional groups attached to an aromatic ring is 1. The van der Waals surface area contributed by atoms with Crippen molar-refractivity contribution >= 4 is 11.6 Å². The molecule has 0 aromatic heterocycles. The van der Waals surface area contributed by atoms with Gasteiger partial charge >= 0.3 is 0 Å². The van der Waals surface area contributed by atoms with Crippen molar-refractivity contribution in [3.63, 3.8) is 0 Å². The number of hydrogen-bond acceptors (Lipinski definition) is 4. The molecule has 5 heteroatoms. The van der Waals surface area contributed by atoms with E-state index in [1.807, 2.05) is 13.8 Å². The van der Waals surface area contributed by atoms with Gasteiger partial charge in [-0.1, -0.05) is 6.92 Å². The molecule has 0 saturated carbocycles. The zero-order valence-corrected chi connectivity index (χ0v) is 11.9. The fourth-order valence-corrected chi connectivity index (χ4v) is 1.69. The molecule has 0 heterocycles. The standard InChI is InChI=1S/C14H22N2O3/c1-5-9(2)16-14(17)7-10-6-12(18-3)13(19-4)8-11(10)15/h6,8-9H,5,7,15H2,1-4H3,(H,16,17)/t9-/m0/s1. The second-order valence-corrected chi connectivity index (χ2v) is 4.46. The number of rotatable bonds is 6. The Morgan fingerprint density at radius 3 is 2.42 bits per heavy atom. The van der Waals surface area contributed by atoms with E-state index in [0.717, 1.165) is 12.0 Å². The van der Waals surface area contributed by atoms with E-state index < -0.39 is 0 Å². The van der Waals surface area contributed by atoms with Crippen LogP contribution in [0.1, 0.15) is 25.8 Å². The highest BCUT2D eigenvalue weighted by molar-refractivity contribution is 5.81. The fourth-order valence-electron chi connectivity index (χ4n) is 1.69. The summed E-state index contributed by atoms with van der Waals surface area (Å²) in [5.41, 5.74) is 7.18. The molecule has 106 valence electrons. The average molecular weight is 266 g/mol. The van der Waals surface area contributed by atoms with Crippen LogP contribution in [0.4, 0.5) is 5.69 Å². The first kappa shape index (κ1) is 15.1. The van der Waals surface area contributed by atoms with E-state index in [1.54, 1.807) is 26.4 Å². The van der Waals surface area contributed by atoms with Gasteiger partial charge in [0.15, 0.2) is 11.5 Å². The third-order valence-corrected chi connectivity index (χ3v) is 3.02. The van der Waals surface area contributed by atoms with Crippen molar-refractivity contribution in [2.45, 2.75) is 32.7 Å². The van der Waals surface area contributed by atoms with E-state index in [0.29, 0.717) is 17.2 Å². The normalized spacial score (nSPS) is 11.8. The van der Waals surface area contributed by atoms with Crippen molar-refractivity contribution in [1.29, 1.82) is 0 Å². The van der Waals surface area contributed by atoms with Crippen LogP contribution < -0.4 is 20.5 Å². The summed E-state index contributed by atoms with van der Waals surface area (Å²) in [5.74, 6) is 1.09. The Bertz CT molecular complexity index is 447. The van der Waals surface area contributed by atoms with Gasteiger partial charge in [-0.05, 0) is 25.0 Å². The first-order valence-corrected chi connectivity index (χ1v) is 6.31. The Labute approximate surface area is 114 Å². The summed E-state index contributed by atoms with van der Waals surface area (Å²) in [6.45, 7) is 3.99. The Morgan fingerprint density at radius 2 is 1.89 bits per heavy atom. The molecule has 19 heavy (non-hydrogen) atoms. The molecule has 1 amide bonds. The number of methoxy groups -OCH3 is 2. The highest BCUT2D eigenvalue weighted by Crippen LogP contribution is 2.32. The van der Waals surface area contributed by atoms with Crippen molar-refractivity contribution in [1.82, 2.24) is 5.32 Å². The zero-order valence-electron chi connectivity index (χ0n) is 11.9. The molecule has 0 aliphatic carbocycles. The molecule has 1 aromatic rings. The topological polar surface area (TPSA) is 73.6 Å². The third-order valence-electron chi connectivity index (χ3n) is 3.02. The third kappa shape index (κ3) is 4.05. The summed E-state index contributed by atoms with van der Waals surface area (Å²) in [4.78, 5) is 11.8. The number of carbonyl (C=O) groups is 1. The second kappa shape index (κ2) is 6.87. The molecule has 0 fully saturated rings. The molecular formula is C14H22N2O3. The molecule has 1 atom stereocenters. The maximum atomic E-state index is 11.8. The minimum atomic E-state index is -0.0479. The predicted octanol–water partition coefficient (Wildman–Crippen LogP) is 1.74. The van der Waals surface area contributed by atoms with Crippen LogP contribution in [0.25, 0.3) is 0 Å². The highest BCUT2D eigenvalue weighted by Gasteiger charge is 2.13. The van der Waals surface area contributed by atoms with Gasteiger partial charge in [0.2, 0.25) is 5.91 Å². The molecule has 3 N–H and O–H groups in total. The van der Waals surface area contributed by atoms with E-state index in [-0.39, 0.29) is 18.4 Å². The second-order valence-electron chi connectivity index (χ2n) is 4.46. The maximum Gasteiger partial charge on any atom is 0.224 e. The number of amides is 1. The minimum Gasteiger partial charge on any atom is -0.493 e. The Kier molecular flexibility index (Phi) is 5.48. The molecule has 0 saturated heterocycles. The zero-order chi connectivity index (χ0) is 14.4. The lowest BCUT2D eigenvalue weighted by atomic mass is 10.1. The van der Waals surface area contributed by atoms with Crippen molar-refractivity contribution < 1.29 is 14.3 Å². The average Bonchev–Trinajstić information content (AvgIpc) is 2.40. The number of nitrogens with two attached hydrogens (primary N) is 1. The van der Waals surface area contributed by atoms with Crippen LogP contribution >= 0.6 is 0 Å². The number of anilines is 1.